The van der Waals surface area contributed by atoms with Gasteiger partial charge in [-0.05, 0) is 50.9 Å². The molecule has 0 aromatic carbocycles. The molecule has 5 fully saturated rings. The van der Waals surface area contributed by atoms with Crippen molar-refractivity contribution in [3.05, 3.63) is 0 Å². The van der Waals surface area contributed by atoms with E-state index < -0.39 is 134 Å². The molecule has 0 radical (unpaired) electrons. The van der Waals surface area contributed by atoms with E-state index in [-0.39, 0.29) is 44.9 Å². The topological polar surface area (TPSA) is 283 Å². The fraction of sp³-hybridized carbons (Fsp3) is 0.933. The minimum atomic E-state index is -1.87. The van der Waals surface area contributed by atoms with Crippen LogP contribution >= 0.6 is 0 Å². The van der Waals surface area contributed by atoms with E-state index in [1.165, 1.54) is 0 Å². The first kappa shape index (κ1) is 36.7. The van der Waals surface area contributed by atoms with E-state index in [4.69, 9.17) is 23.7 Å². The van der Waals surface area contributed by atoms with Crippen molar-refractivity contribution in [1.29, 1.82) is 0 Å². The molecule has 0 amide bonds. The Kier molecular flexibility index (Phi) is 11.8. The molecular formula is C30H48O17. The maximum Gasteiger partial charge on any atom is 0.309 e. The zero-order chi connectivity index (χ0) is 34.3. The van der Waals surface area contributed by atoms with Crippen molar-refractivity contribution in [2.75, 3.05) is 6.61 Å². The number of aliphatic hydroxyl groups excluding tert-OH is 10. The summed E-state index contributed by atoms with van der Waals surface area (Å²) in [6, 6.07) is 0. The molecule has 5 rings (SSSR count). The lowest BCUT2D eigenvalue weighted by molar-refractivity contribution is -0.328. The molecule has 5 aliphatic rings. The van der Waals surface area contributed by atoms with Crippen LogP contribution in [0.2, 0.25) is 0 Å². The van der Waals surface area contributed by atoms with Crippen molar-refractivity contribution in [3.8, 4) is 0 Å². The predicted octanol–water partition coefficient (Wildman–Crippen LogP) is -4.43. The summed E-state index contributed by atoms with van der Waals surface area (Å²) in [5.41, 5.74) is 0. The quantitative estimate of drug-likeness (QED) is 0.114. The van der Waals surface area contributed by atoms with Crippen LogP contribution in [-0.2, 0) is 33.3 Å². The number of carbonyl (C=O) groups is 2. The maximum absolute atomic E-state index is 13.2. The molecule has 47 heavy (non-hydrogen) atoms. The second kappa shape index (κ2) is 15.1. The number of fused-ring (bicyclic) bond motifs is 1. The molecule has 10 N–H and O–H groups in total. The molecule has 12 unspecified atom stereocenters. The third kappa shape index (κ3) is 8.09. The Morgan fingerprint density at radius 1 is 0.681 bits per heavy atom. The lowest BCUT2D eigenvalue weighted by Gasteiger charge is -2.50. The van der Waals surface area contributed by atoms with Gasteiger partial charge in [0.2, 0.25) is 0 Å². The Morgan fingerprint density at radius 3 is 2.00 bits per heavy atom. The van der Waals surface area contributed by atoms with Gasteiger partial charge in [-0.15, -0.1) is 0 Å². The van der Waals surface area contributed by atoms with Gasteiger partial charge in [0, 0.05) is 12.8 Å². The lowest BCUT2D eigenvalue weighted by Crippen LogP contribution is -2.63. The van der Waals surface area contributed by atoms with Crippen LogP contribution in [-0.4, -0.2) is 167 Å². The van der Waals surface area contributed by atoms with E-state index in [1.54, 1.807) is 0 Å². The van der Waals surface area contributed by atoms with Crippen LogP contribution in [0.1, 0.15) is 51.9 Å². The van der Waals surface area contributed by atoms with Gasteiger partial charge in [0.05, 0.1) is 60.9 Å². The summed E-state index contributed by atoms with van der Waals surface area (Å²) < 4.78 is 28.5. The van der Waals surface area contributed by atoms with Gasteiger partial charge in [-0.25, -0.2) is 0 Å². The molecule has 270 valence electrons. The van der Waals surface area contributed by atoms with E-state index in [0.717, 1.165) is 6.92 Å². The van der Waals surface area contributed by atoms with Crippen LogP contribution in [0.4, 0.5) is 0 Å². The van der Waals surface area contributed by atoms with Crippen LogP contribution in [0.3, 0.4) is 0 Å². The monoisotopic (exact) mass is 680 g/mol. The van der Waals surface area contributed by atoms with Gasteiger partial charge in [-0.2, -0.15) is 0 Å². The molecular weight excluding hydrogens is 632 g/mol. The first-order valence-electron chi connectivity index (χ1n) is 16.2. The number of esters is 2. The first-order chi connectivity index (χ1) is 22.1. The Bertz CT molecular complexity index is 1070. The Morgan fingerprint density at radius 2 is 1.34 bits per heavy atom. The van der Waals surface area contributed by atoms with E-state index in [0.29, 0.717) is 0 Å². The van der Waals surface area contributed by atoms with Crippen LogP contribution in [0.25, 0.3) is 0 Å². The molecule has 3 saturated carbocycles. The second-order valence-electron chi connectivity index (χ2n) is 13.8. The average molecular weight is 681 g/mol. The van der Waals surface area contributed by atoms with Crippen molar-refractivity contribution in [3.63, 3.8) is 0 Å². The highest BCUT2D eigenvalue weighted by Crippen LogP contribution is 2.42. The fourth-order valence-electron chi connectivity index (χ4n) is 7.76. The maximum atomic E-state index is 13.2. The third-order valence-electron chi connectivity index (χ3n) is 10.4. The highest BCUT2D eigenvalue weighted by Gasteiger charge is 2.53. The summed E-state index contributed by atoms with van der Waals surface area (Å²) in [5, 5.41) is 105. The predicted molar refractivity (Wildman–Crippen MR) is 152 cm³/mol. The highest BCUT2D eigenvalue weighted by molar-refractivity contribution is 5.73. The van der Waals surface area contributed by atoms with E-state index in [9.17, 15) is 60.7 Å². The van der Waals surface area contributed by atoms with Crippen molar-refractivity contribution in [2.45, 2.75) is 150 Å². The van der Waals surface area contributed by atoms with Crippen molar-refractivity contribution in [2.24, 2.45) is 17.8 Å². The molecule has 0 bridgehead atoms. The third-order valence-corrected chi connectivity index (χ3v) is 10.4. The number of rotatable bonds is 7. The summed E-state index contributed by atoms with van der Waals surface area (Å²) in [6.07, 6.45) is -20.9. The Hall–Kier alpha value is -1.58. The summed E-state index contributed by atoms with van der Waals surface area (Å²) in [7, 11) is 0. The van der Waals surface area contributed by atoms with Crippen LogP contribution < -0.4 is 0 Å². The smallest absolute Gasteiger partial charge is 0.309 e. The molecule has 17 atom stereocenters. The minimum Gasteiger partial charge on any atom is -0.463 e. The van der Waals surface area contributed by atoms with Gasteiger partial charge in [0.15, 0.2) is 12.4 Å². The van der Waals surface area contributed by atoms with Crippen molar-refractivity contribution in [1.82, 2.24) is 0 Å². The Labute approximate surface area is 270 Å². The largest absolute Gasteiger partial charge is 0.463 e. The van der Waals surface area contributed by atoms with Crippen LogP contribution in [0, 0.1) is 17.8 Å². The van der Waals surface area contributed by atoms with E-state index in [1.807, 2.05) is 0 Å². The molecule has 0 spiro atoms. The minimum absolute atomic E-state index is 0.00376. The summed E-state index contributed by atoms with van der Waals surface area (Å²) >= 11 is 0. The van der Waals surface area contributed by atoms with Gasteiger partial charge in [0.1, 0.15) is 37.1 Å². The molecule has 2 saturated heterocycles. The number of ether oxygens (including phenoxy) is 5. The van der Waals surface area contributed by atoms with Gasteiger partial charge in [-0.1, -0.05) is 0 Å². The van der Waals surface area contributed by atoms with Crippen molar-refractivity contribution >= 4 is 11.9 Å². The molecule has 17 nitrogen and oxygen atoms in total. The van der Waals surface area contributed by atoms with Crippen LogP contribution in [0.15, 0.2) is 0 Å². The number of hydrogen-bond acceptors (Lipinski definition) is 17. The standard InChI is InChI=1S/C30H48O17/c1-10(31)43-9-22-25(40)26(41)28(47-29(42)12-3-16(34)23(38)17(35)4-12)30(46-22)45-21-5-11(2-18(36)24(21)39)27-19(37)8-14-15(33)6-13(32)7-20(14)44-27/h11-28,30,32-41H,2-9H2,1H3/t11?,12?,13?,14?,15?,16?,17?,18?,19?,20?,21?,22-,23?,24?,25+,26+,27?,28-,30-/m1/s1. The molecule has 2 aliphatic heterocycles. The first-order valence-corrected chi connectivity index (χ1v) is 16.2. The average Bonchev–Trinajstić information content (AvgIpc) is 3.00. The molecule has 0 aromatic rings. The molecule has 3 aliphatic carbocycles. The summed E-state index contributed by atoms with van der Waals surface area (Å²) in [4.78, 5) is 24.6. The zero-order valence-electron chi connectivity index (χ0n) is 26.0. The molecule has 0 aromatic heterocycles. The summed E-state index contributed by atoms with van der Waals surface area (Å²) in [6.45, 7) is 0.598. The van der Waals surface area contributed by atoms with E-state index in [2.05, 4.69) is 0 Å². The fourth-order valence-corrected chi connectivity index (χ4v) is 7.76. The second-order valence-corrected chi connectivity index (χ2v) is 13.8. The van der Waals surface area contributed by atoms with Crippen LogP contribution in [0.5, 0.6) is 0 Å². The molecule has 2 heterocycles. The SMILES string of the molecule is CC(=O)OC[C@H]1O[C@@H](OC2CC(C3OC4CC(O)CC(O)C4CC3O)CC(O)C2O)[C@H](OC(=O)C2CC(O)C(O)C(O)C2)[C@@H](O)[C@H]1O. The number of hydrogen-bond donors (Lipinski definition) is 10. The molecule has 17 heteroatoms. The normalized spacial score (nSPS) is 50.7. The summed E-state index contributed by atoms with van der Waals surface area (Å²) in [5.74, 6) is -3.81. The van der Waals surface area contributed by atoms with Gasteiger partial charge < -0.3 is 74.7 Å². The Balaban J connectivity index is 1.33. The van der Waals surface area contributed by atoms with Gasteiger partial charge in [-0.3, -0.25) is 9.59 Å². The van der Waals surface area contributed by atoms with E-state index >= 15 is 0 Å². The highest BCUT2D eigenvalue weighted by atomic mass is 16.7. The number of carbonyl (C=O) groups excluding carboxylic acids is 2. The van der Waals surface area contributed by atoms with Gasteiger partial charge >= 0.3 is 11.9 Å². The lowest BCUT2D eigenvalue weighted by atomic mass is 9.72. The number of aliphatic hydroxyl groups is 10. The van der Waals surface area contributed by atoms with Crippen molar-refractivity contribution < 1.29 is 84.3 Å². The zero-order valence-corrected chi connectivity index (χ0v) is 26.0. The van der Waals surface area contributed by atoms with Gasteiger partial charge in [0.25, 0.3) is 0 Å².